The molecule has 2 aromatic carbocycles. The molecule has 29 heavy (non-hydrogen) atoms. The fourth-order valence-electron chi connectivity index (χ4n) is 2.66. The van der Waals surface area contributed by atoms with Gasteiger partial charge in [-0.25, -0.2) is 4.39 Å². The summed E-state index contributed by atoms with van der Waals surface area (Å²) in [5.74, 6) is 0.161. The van der Waals surface area contributed by atoms with Crippen LogP contribution in [0.3, 0.4) is 0 Å². The van der Waals surface area contributed by atoms with Gasteiger partial charge in [0.15, 0.2) is 6.61 Å². The first-order valence-electron chi connectivity index (χ1n) is 8.98. The molecule has 0 bridgehead atoms. The first-order chi connectivity index (χ1) is 14.0. The summed E-state index contributed by atoms with van der Waals surface area (Å²) in [5.41, 5.74) is 0.900. The van der Waals surface area contributed by atoms with Crippen molar-refractivity contribution < 1.29 is 27.9 Å². The number of halogens is 1. The first-order valence-corrected chi connectivity index (χ1v) is 8.98. The van der Waals surface area contributed by atoms with Crippen LogP contribution in [-0.4, -0.2) is 25.6 Å². The second-order valence-electron chi connectivity index (χ2n) is 6.19. The number of carbonyl (C=O) groups excluding carboxylic acids is 2. The van der Waals surface area contributed by atoms with E-state index in [1.54, 1.807) is 54.6 Å². The molecule has 1 N–H and O–H groups in total. The van der Waals surface area contributed by atoms with Gasteiger partial charge in [-0.15, -0.1) is 0 Å². The third-order valence-corrected chi connectivity index (χ3v) is 4.09. The van der Waals surface area contributed by atoms with E-state index < -0.39 is 18.5 Å². The molecular formula is C22H20FNO5. The number of methoxy groups -OCH3 is 1. The Balaban J connectivity index is 1.44. The highest BCUT2D eigenvalue weighted by Gasteiger charge is 2.12. The van der Waals surface area contributed by atoms with E-state index >= 15 is 0 Å². The number of hydrogen-bond donors (Lipinski definition) is 1. The lowest BCUT2D eigenvalue weighted by Crippen LogP contribution is -2.21. The quantitative estimate of drug-likeness (QED) is 0.576. The Kier molecular flexibility index (Phi) is 6.63. The maximum Gasteiger partial charge on any atom is 0.306 e. The lowest BCUT2D eigenvalue weighted by atomic mass is 10.1. The Morgan fingerprint density at radius 1 is 1.07 bits per heavy atom. The van der Waals surface area contributed by atoms with E-state index in [-0.39, 0.29) is 18.7 Å². The van der Waals surface area contributed by atoms with Crippen molar-refractivity contribution in [2.75, 3.05) is 19.0 Å². The molecule has 0 atom stereocenters. The molecule has 0 unspecified atom stereocenters. The number of hydrogen-bond acceptors (Lipinski definition) is 5. The second kappa shape index (κ2) is 9.54. The molecule has 3 aromatic rings. The number of ether oxygens (including phenoxy) is 2. The fourth-order valence-corrected chi connectivity index (χ4v) is 2.66. The van der Waals surface area contributed by atoms with Crippen LogP contribution in [0.5, 0.6) is 5.75 Å². The summed E-state index contributed by atoms with van der Waals surface area (Å²) in [7, 11) is 1.53. The number of anilines is 1. The second-order valence-corrected chi connectivity index (χ2v) is 6.19. The number of carbonyl (C=O) groups is 2. The van der Waals surface area contributed by atoms with Crippen LogP contribution in [0.1, 0.15) is 12.2 Å². The van der Waals surface area contributed by atoms with E-state index in [1.807, 2.05) is 0 Å². The zero-order chi connectivity index (χ0) is 20.6. The zero-order valence-electron chi connectivity index (χ0n) is 15.8. The highest BCUT2D eigenvalue weighted by Crippen LogP contribution is 2.25. The fraction of sp³-hybridized carbons (Fsp3) is 0.182. The van der Waals surface area contributed by atoms with Crippen LogP contribution < -0.4 is 10.1 Å². The third-order valence-electron chi connectivity index (χ3n) is 4.09. The number of aryl methyl sites for hydroxylation is 1. The largest absolute Gasteiger partial charge is 0.497 e. The number of nitrogens with one attached hydrogen (secondary N) is 1. The SMILES string of the molecule is COc1cccc(NC(=O)COC(=O)CCc2ccc(-c3ccccc3F)o2)c1. The zero-order valence-corrected chi connectivity index (χ0v) is 15.8. The maximum absolute atomic E-state index is 13.8. The molecule has 1 heterocycles. The first kappa shape index (κ1) is 20.1. The van der Waals surface area contributed by atoms with Gasteiger partial charge in [-0.3, -0.25) is 9.59 Å². The predicted molar refractivity (Wildman–Crippen MR) is 105 cm³/mol. The molecule has 150 valence electrons. The van der Waals surface area contributed by atoms with Crippen molar-refractivity contribution >= 4 is 17.6 Å². The number of furan rings is 1. The molecule has 0 radical (unpaired) electrons. The minimum absolute atomic E-state index is 0.0384. The number of amides is 1. The van der Waals surface area contributed by atoms with Gasteiger partial charge in [0.25, 0.3) is 5.91 Å². The van der Waals surface area contributed by atoms with Crippen LogP contribution in [0.4, 0.5) is 10.1 Å². The number of benzene rings is 2. The van der Waals surface area contributed by atoms with Gasteiger partial charge >= 0.3 is 5.97 Å². The molecular weight excluding hydrogens is 377 g/mol. The van der Waals surface area contributed by atoms with Gasteiger partial charge in [-0.05, 0) is 36.4 Å². The molecule has 0 saturated carbocycles. The van der Waals surface area contributed by atoms with Crippen molar-refractivity contribution in [3.63, 3.8) is 0 Å². The molecule has 0 aliphatic heterocycles. The van der Waals surface area contributed by atoms with Crippen LogP contribution in [-0.2, 0) is 20.7 Å². The van der Waals surface area contributed by atoms with E-state index in [2.05, 4.69) is 5.32 Å². The molecule has 0 fully saturated rings. The standard InChI is InChI=1S/C22H20FNO5/c1-27-17-6-4-5-15(13-17)24-21(25)14-28-22(26)12-10-16-9-11-20(29-16)18-7-2-3-8-19(18)23/h2-9,11,13H,10,12,14H2,1H3,(H,24,25). The van der Waals surface area contributed by atoms with E-state index in [9.17, 15) is 14.0 Å². The van der Waals surface area contributed by atoms with Crippen LogP contribution in [0.15, 0.2) is 65.1 Å². The lowest BCUT2D eigenvalue weighted by Gasteiger charge is -2.07. The monoisotopic (exact) mass is 397 g/mol. The van der Waals surface area contributed by atoms with Gasteiger partial charge < -0.3 is 19.2 Å². The minimum Gasteiger partial charge on any atom is -0.497 e. The summed E-state index contributed by atoms with van der Waals surface area (Å²) in [4.78, 5) is 23.8. The Hall–Kier alpha value is -3.61. The predicted octanol–water partition coefficient (Wildman–Crippen LogP) is 4.21. The molecule has 0 saturated heterocycles. The van der Waals surface area contributed by atoms with Crippen LogP contribution in [0.25, 0.3) is 11.3 Å². The summed E-state index contributed by atoms with van der Waals surface area (Å²) in [6, 6.07) is 16.5. The minimum atomic E-state index is -0.533. The Bertz CT molecular complexity index is 998. The van der Waals surface area contributed by atoms with E-state index in [1.165, 1.54) is 13.2 Å². The van der Waals surface area contributed by atoms with Crippen LogP contribution >= 0.6 is 0 Å². The molecule has 1 amide bonds. The Morgan fingerprint density at radius 3 is 2.69 bits per heavy atom. The summed E-state index contributed by atoms with van der Waals surface area (Å²) < 4.78 is 29.4. The van der Waals surface area contributed by atoms with E-state index in [0.29, 0.717) is 28.5 Å². The van der Waals surface area contributed by atoms with E-state index in [4.69, 9.17) is 13.9 Å². The summed E-state index contributed by atoms with van der Waals surface area (Å²) in [6.07, 6.45) is 0.321. The highest BCUT2D eigenvalue weighted by atomic mass is 19.1. The van der Waals surface area contributed by atoms with Gasteiger partial charge in [0.1, 0.15) is 23.1 Å². The average Bonchev–Trinajstić information content (AvgIpc) is 3.20. The topological polar surface area (TPSA) is 77.8 Å². The van der Waals surface area contributed by atoms with Gasteiger partial charge in [0, 0.05) is 18.2 Å². The van der Waals surface area contributed by atoms with Crippen molar-refractivity contribution in [3.05, 3.63) is 72.2 Å². The highest BCUT2D eigenvalue weighted by molar-refractivity contribution is 5.92. The molecule has 6 nitrogen and oxygen atoms in total. The van der Waals surface area contributed by atoms with Crippen molar-refractivity contribution in [3.8, 4) is 17.1 Å². The molecule has 0 spiro atoms. The number of rotatable bonds is 8. The number of esters is 1. The Labute approximate surface area is 167 Å². The summed E-state index contributed by atoms with van der Waals surface area (Å²) in [6.45, 7) is -0.394. The van der Waals surface area contributed by atoms with Gasteiger partial charge in [0.2, 0.25) is 0 Å². The molecule has 1 aromatic heterocycles. The van der Waals surface area contributed by atoms with Gasteiger partial charge in [0.05, 0.1) is 19.1 Å². The summed E-state index contributed by atoms with van der Waals surface area (Å²) in [5, 5.41) is 2.62. The van der Waals surface area contributed by atoms with Gasteiger partial charge in [-0.2, -0.15) is 0 Å². The van der Waals surface area contributed by atoms with Crippen molar-refractivity contribution in [2.45, 2.75) is 12.8 Å². The lowest BCUT2D eigenvalue weighted by molar-refractivity contribution is -0.147. The molecule has 0 aliphatic carbocycles. The van der Waals surface area contributed by atoms with Crippen molar-refractivity contribution in [2.24, 2.45) is 0 Å². The molecule has 7 heteroatoms. The van der Waals surface area contributed by atoms with E-state index in [0.717, 1.165) is 0 Å². The molecule has 0 aliphatic rings. The smallest absolute Gasteiger partial charge is 0.306 e. The van der Waals surface area contributed by atoms with Gasteiger partial charge in [-0.1, -0.05) is 18.2 Å². The average molecular weight is 397 g/mol. The normalized spacial score (nSPS) is 10.4. The Morgan fingerprint density at radius 2 is 1.90 bits per heavy atom. The maximum atomic E-state index is 13.8. The van der Waals surface area contributed by atoms with Crippen LogP contribution in [0.2, 0.25) is 0 Å². The van der Waals surface area contributed by atoms with Crippen molar-refractivity contribution in [1.82, 2.24) is 0 Å². The summed E-state index contributed by atoms with van der Waals surface area (Å²) >= 11 is 0. The van der Waals surface area contributed by atoms with Crippen LogP contribution in [0, 0.1) is 5.82 Å². The van der Waals surface area contributed by atoms with Crippen molar-refractivity contribution in [1.29, 1.82) is 0 Å². The third kappa shape index (κ3) is 5.68. The molecule has 3 rings (SSSR count).